The summed E-state index contributed by atoms with van der Waals surface area (Å²) in [7, 11) is 1.86. The standard InChI is InChI=1S/C22H24N4O/c1-24-17-23-16-20(24)22(27)26-14-12-25(13-15-26)21(18-8-4-2-5-9-18)19-10-6-3-7-11-19/h2-11,16-17,21H,12-15H2,1H3. The molecule has 0 spiro atoms. The van der Waals surface area contributed by atoms with Crippen LogP contribution in [-0.2, 0) is 7.05 Å². The number of amides is 1. The minimum absolute atomic E-state index is 0.0608. The molecular formula is C22H24N4O. The molecule has 4 rings (SSSR count). The molecule has 0 saturated carbocycles. The Labute approximate surface area is 159 Å². The molecule has 1 aromatic heterocycles. The number of benzene rings is 2. The number of hydrogen-bond acceptors (Lipinski definition) is 3. The molecule has 1 fully saturated rings. The molecule has 2 aromatic carbocycles. The van der Waals surface area contributed by atoms with Crippen molar-refractivity contribution in [3.63, 3.8) is 0 Å². The van der Waals surface area contributed by atoms with Crippen molar-refractivity contribution in [2.45, 2.75) is 6.04 Å². The van der Waals surface area contributed by atoms with Crippen molar-refractivity contribution in [2.24, 2.45) is 7.05 Å². The highest BCUT2D eigenvalue weighted by Crippen LogP contribution is 2.29. The number of imidazole rings is 1. The van der Waals surface area contributed by atoms with Gasteiger partial charge in [-0.15, -0.1) is 0 Å². The quantitative estimate of drug-likeness (QED) is 0.718. The zero-order valence-electron chi connectivity index (χ0n) is 15.5. The lowest BCUT2D eigenvalue weighted by Crippen LogP contribution is -2.50. The van der Waals surface area contributed by atoms with Gasteiger partial charge in [-0.25, -0.2) is 4.98 Å². The molecule has 1 amide bonds. The number of carbonyl (C=O) groups excluding carboxylic acids is 1. The van der Waals surface area contributed by atoms with Crippen LogP contribution in [0.4, 0.5) is 0 Å². The number of aromatic nitrogens is 2. The van der Waals surface area contributed by atoms with Gasteiger partial charge in [0.15, 0.2) is 0 Å². The largest absolute Gasteiger partial charge is 0.335 e. The van der Waals surface area contributed by atoms with E-state index in [0.29, 0.717) is 5.69 Å². The molecule has 5 heteroatoms. The maximum absolute atomic E-state index is 12.7. The molecule has 0 radical (unpaired) electrons. The van der Waals surface area contributed by atoms with Crippen molar-refractivity contribution < 1.29 is 4.79 Å². The Hall–Kier alpha value is -2.92. The fourth-order valence-electron chi connectivity index (χ4n) is 3.79. The van der Waals surface area contributed by atoms with E-state index in [2.05, 4.69) is 70.5 Å². The molecule has 27 heavy (non-hydrogen) atoms. The Morgan fingerprint density at radius 1 is 0.889 bits per heavy atom. The highest BCUT2D eigenvalue weighted by atomic mass is 16.2. The Bertz CT molecular complexity index is 843. The van der Waals surface area contributed by atoms with Crippen LogP contribution < -0.4 is 0 Å². The van der Waals surface area contributed by atoms with Crippen molar-refractivity contribution in [1.82, 2.24) is 19.4 Å². The average molecular weight is 360 g/mol. The Morgan fingerprint density at radius 3 is 1.93 bits per heavy atom. The zero-order valence-corrected chi connectivity index (χ0v) is 15.5. The van der Waals surface area contributed by atoms with Gasteiger partial charge in [-0.05, 0) is 11.1 Å². The molecule has 1 aliphatic heterocycles. The molecule has 0 N–H and O–H groups in total. The highest BCUT2D eigenvalue weighted by Gasteiger charge is 2.29. The summed E-state index contributed by atoms with van der Waals surface area (Å²) in [5.41, 5.74) is 3.22. The fourth-order valence-corrected chi connectivity index (χ4v) is 3.79. The van der Waals surface area contributed by atoms with E-state index in [9.17, 15) is 4.79 Å². The summed E-state index contributed by atoms with van der Waals surface area (Å²) in [5, 5.41) is 0. The van der Waals surface area contributed by atoms with E-state index in [0.717, 1.165) is 26.2 Å². The third-order valence-electron chi connectivity index (χ3n) is 5.23. The van der Waals surface area contributed by atoms with Crippen molar-refractivity contribution in [3.05, 3.63) is 90.0 Å². The summed E-state index contributed by atoms with van der Waals surface area (Å²) in [6.07, 6.45) is 3.32. The van der Waals surface area contributed by atoms with Gasteiger partial charge in [0, 0.05) is 33.2 Å². The number of carbonyl (C=O) groups is 1. The first-order chi connectivity index (χ1) is 13.2. The Kier molecular flexibility index (Phi) is 5.03. The second-order valence-corrected chi connectivity index (χ2v) is 6.94. The summed E-state index contributed by atoms with van der Waals surface area (Å²) in [4.78, 5) is 21.2. The van der Waals surface area contributed by atoms with Crippen LogP contribution in [0.1, 0.15) is 27.7 Å². The molecule has 1 aliphatic rings. The molecule has 0 aliphatic carbocycles. The van der Waals surface area contributed by atoms with Gasteiger partial charge in [0.05, 0.1) is 18.6 Å². The van der Waals surface area contributed by atoms with Crippen LogP contribution >= 0.6 is 0 Å². The lowest BCUT2D eigenvalue weighted by molar-refractivity contribution is 0.0588. The summed E-state index contributed by atoms with van der Waals surface area (Å²) in [6.45, 7) is 3.14. The highest BCUT2D eigenvalue weighted by molar-refractivity contribution is 5.92. The van der Waals surface area contributed by atoms with E-state index >= 15 is 0 Å². The second-order valence-electron chi connectivity index (χ2n) is 6.94. The summed E-state index contributed by atoms with van der Waals surface area (Å²) in [6, 6.07) is 21.4. The van der Waals surface area contributed by atoms with E-state index in [1.54, 1.807) is 17.1 Å². The average Bonchev–Trinajstić information content (AvgIpc) is 3.16. The normalized spacial score (nSPS) is 15.3. The minimum atomic E-state index is 0.0608. The minimum Gasteiger partial charge on any atom is -0.335 e. The van der Waals surface area contributed by atoms with Gasteiger partial charge in [0.1, 0.15) is 5.69 Å². The molecule has 3 aromatic rings. The zero-order chi connectivity index (χ0) is 18.6. The van der Waals surface area contributed by atoms with Crippen molar-refractivity contribution in [3.8, 4) is 0 Å². The summed E-state index contributed by atoms with van der Waals surface area (Å²) >= 11 is 0. The van der Waals surface area contributed by atoms with E-state index in [1.165, 1.54) is 11.1 Å². The lowest BCUT2D eigenvalue weighted by atomic mass is 9.96. The van der Waals surface area contributed by atoms with Gasteiger partial charge in [-0.3, -0.25) is 9.69 Å². The first kappa shape index (κ1) is 17.5. The van der Waals surface area contributed by atoms with Gasteiger partial charge in [0.25, 0.3) is 5.91 Å². The van der Waals surface area contributed by atoms with E-state index < -0.39 is 0 Å². The van der Waals surface area contributed by atoms with Crippen LogP contribution in [0.2, 0.25) is 0 Å². The number of aryl methyl sites for hydroxylation is 1. The molecule has 0 bridgehead atoms. The van der Waals surface area contributed by atoms with Crippen molar-refractivity contribution in [1.29, 1.82) is 0 Å². The van der Waals surface area contributed by atoms with Gasteiger partial charge >= 0.3 is 0 Å². The first-order valence-corrected chi connectivity index (χ1v) is 9.33. The van der Waals surface area contributed by atoms with Crippen LogP contribution in [-0.4, -0.2) is 51.4 Å². The van der Waals surface area contributed by atoms with Crippen LogP contribution in [0, 0.1) is 0 Å². The van der Waals surface area contributed by atoms with Crippen LogP contribution in [0.15, 0.2) is 73.2 Å². The fraction of sp³-hybridized carbons (Fsp3) is 0.273. The van der Waals surface area contributed by atoms with Crippen molar-refractivity contribution >= 4 is 5.91 Å². The number of hydrogen-bond donors (Lipinski definition) is 0. The second kappa shape index (κ2) is 7.76. The Balaban J connectivity index is 1.52. The molecule has 0 atom stereocenters. The maximum Gasteiger partial charge on any atom is 0.272 e. The number of piperazine rings is 1. The van der Waals surface area contributed by atoms with Gasteiger partial charge in [0.2, 0.25) is 0 Å². The van der Waals surface area contributed by atoms with E-state index in [4.69, 9.17) is 0 Å². The monoisotopic (exact) mass is 360 g/mol. The molecule has 0 unspecified atom stereocenters. The maximum atomic E-state index is 12.7. The van der Waals surface area contributed by atoms with E-state index in [-0.39, 0.29) is 11.9 Å². The predicted molar refractivity (Wildman–Crippen MR) is 105 cm³/mol. The molecule has 1 saturated heterocycles. The predicted octanol–water partition coefficient (Wildman–Crippen LogP) is 2.97. The number of nitrogens with zero attached hydrogens (tertiary/aromatic N) is 4. The smallest absolute Gasteiger partial charge is 0.272 e. The van der Waals surface area contributed by atoms with Gasteiger partial charge in [-0.1, -0.05) is 60.7 Å². The van der Waals surface area contributed by atoms with Crippen LogP contribution in [0.25, 0.3) is 0 Å². The Morgan fingerprint density at radius 2 is 1.44 bits per heavy atom. The summed E-state index contributed by atoms with van der Waals surface area (Å²) in [5.74, 6) is 0.0608. The van der Waals surface area contributed by atoms with Crippen molar-refractivity contribution in [2.75, 3.05) is 26.2 Å². The van der Waals surface area contributed by atoms with Gasteiger partial charge < -0.3 is 9.47 Å². The third-order valence-corrected chi connectivity index (χ3v) is 5.23. The number of rotatable bonds is 4. The topological polar surface area (TPSA) is 41.4 Å². The van der Waals surface area contributed by atoms with Gasteiger partial charge in [-0.2, -0.15) is 0 Å². The molecule has 138 valence electrons. The van der Waals surface area contributed by atoms with E-state index in [1.807, 2.05) is 11.9 Å². The third kappa shape index (κ3) is 3.64. The summed E-state index contributed by atoms with van der Waals surface area (Å²) < 4.78 is 1.78. The first-order valence-electron chi connectivity index (χ1n) is 9.33. The van der Waals surface area contributed by atoms with Crippen LogP contribution in [0.5, 0.6) is 0 Å². The molecule has 2 heterocycles. The molecular weight excluding hydrogens is 336 g/mol. The molecule has 5 nitrogen and oxygen atoms in total. The van der Waals surface area contributed by atoms with Crippen LogP contribution in [0.3, 0.4) is 0 Å². The lowest BCUT2D eigenvalue weighted by Gasteiger charge is -2.39. The SMILES string of the molecule is Cn1cncc1C(=O)N1CCN(C(c2ccccc2)c2ccccc2)CC1.